The molecule has 0 aliphatic heterocycles. The summed E-state index contributed by atoms with van der Waals surface area (Å²) < 4.78 is 6.08. The molecule has 0 bridgehead atoms. The van der Waals surface area contributed by atoms with Gasteiger partial charge in [-0.15, -0.1) is 0 Å². The van der Waals surface area contributed by atoms with Gasteiger partial charge in [-0.1, -0.05) is 68.8 Å². The molecule has 0 aliphatic carbocycles. The number of amides is 1. The highest BCUT2D eigenvalue weighted by atomic mass is 16.5. The number of benzene rings is 3. The quantitative estimate of drug-likeness (QED) is 0.536. The molecule has 1 atom stereocenters. The van der Waals surface area contributed by atoms with Crippen molar-refractivity contribution < 1.29 is 9.53 Å². The number of carbonyl (C=O) groups is 1. The standard InChI is InChI=1S/C24H27NO2/c1-3-5-9-18-14-16-20(17-15-18)25-24(26)22(4-2)27-23-13-8-11-19-10-6-7-12-21(19)23/h6-8,10-17,22H,3-5,9H2,1-2H3,(H,25,26)/t22-/m0/s1. The fourth-order valence-electron chi connectivity index (χ4n) is 3.13. The molecule has 27 heavy (non-hydrogen) atoms. The van der Waals surface area contributed by atoms with E-state index in [1.165, 1.54) is 18.4 Å². The van der Waals surface area contributed by atoms with E-state index in [-0.39, 0.29) is 5.91 Å². The average Bonchev–Trinajstić information content (AvgIpc) is 2.71. The Morgan fingerprint density at radius 1 is 0.963 bits per heavy atom. The molecular weight excluding hydrogens is 334 g/mol. The van der Waals surface area contributed by atoms with E-state index in [2.05, 4.69) is 24.4 Å². The Morgan fingerprint density at radius 2 is 1.70 bits per heavy atom. The lowest BCUT2D eigenvalue weighted by atomic mass is 10.1. The van der Waals surface area contributed by atoms with Crippen LogP contribution in [0.2, 0.25) is 0 Å². The Morgan fingerprint density at radius 3 is 2.44 bits per heavy atom. The molecule has 3 rings (SSSR count). The van der Waals surface area contributed by atoms with Crippen molar-refractivity contribution in [1.82, 2.24) is 0 Å². The number of hydrogen-bond donors (Lipinski definition) is 1. The van der Waals surface area contributed by atoms with Gasteiger partial charge in [0.05, 0.1) is 0 Å². The predicted octanol–water partition coefficient (Wildman–Crippen LogP) is 5.98. The molecule has 0 aliphatic rings. The molecule has 1 amide bonds. The molecule has 3 heteroatoms. The highest BCUT2D eigenvalue weighted by Gasteiger charge is 2.19. The minimum absolute atomic E-state index is 0.119. The summed E-state index contributed by atoms with van der Waals surface area (Å²) in [5, 5.41) is 5.11. The van der Waals surface area contributed by atoms with Crippen molar-refractivity contribution in [2.45, 2.75) is 45.6 Å². The van der Waals surface area contributed by atoms with Crippen LogP contribution in [0.4, 0.5) is 5.69 Å². The van der Waals surface area contributed by atoms with Crippen molar-refractivity contribution in [3.8, 4) is 5.75 Å². The first-order valence-electron chi connectivity index (χ1n) is 9.75. The van der Waals surface area contributed by atoms with Gasteiger partial charge in [0.25, 0.3) is 5.91 Å². The number of ether oxygens (including phenoxy) is 1. The minimum atomic E-state index is -0.532. The third kappa shape index (κ3) is 4.88. The maximum Gasteiger partial charge on any atom is 0.265 e. The molecule has 0 spiro atoms. The van der Waals surface area contributed by atoms with E-state index >= 15 is 0 Å². The highest BCUT2D eigenvalue weighted by Crippen LogP contribution is 2.26. The van der Waals surface area contributed by atoms with Crippen LogP contribution >= 0.6 is 0 Å². The largest absolute Gasteiger partial charge is 0.480 e. The first kappa shape index (κ1) is 19.0. The van der Waals surface area contributed by atoms with E-state index in [1.54, 1.807) is 0 Å². The van der Waals surface area contributed by atoms with E-state index in [9.17, 15) is 4.79 Å². The summed E-state index contributed by atoms with van der Waals surface area (Å²) in [6.45, 7) is 4.15. The van der Waals surface area contributed by atoms with E-state index < -0.39 is 6.10 Å². The summed E-state index contributed by atoms with van der Waals surface area (Å²) in [4.78, 5) is 12.7. The molecule has 3 aromatic rings. The molecule has 0 radical (unpaired) electrons. The number of aryl methyl sites for hydroxylation is 1. The summed E-state index contributed by atoms with van der Waals surface area (Å²) in [5.74, 6) is 0.622. The lowest BCUT2D eigenvalue weighted by Gasteiger charge is -2.18. The first-order valence-corrected chi connectivity index (χ1v) is 9.75. The van der Waals surface area contributed by atoms with Gasteiger partial charge in [-0.3, -0.25) is 4.79 Å². The number of carbonyl (C=O) groups excluding carboxylic acids is 1. The molecular formula is C24H27NO2. The monoisotopic (exact) mass is 361 g/mol. The van der Waals surface area contributed by atoms with Crippen LogP contribution < -0.4 is 10.1 Å². The molecule has 0 aromatic heterocycles. The Bertz CT molecular complexity index is 881. The van der Waals surface area contributed by atoms with Crippen molar-refractivity contribution in [3.63, 3.8) is 0 Å². The molecule has 3 nitrogen and oxygen atoms in total. The lowest BCUT2D eigenvalue weighted by molar-refractivity contribution is -0.122. The fourth-order valence-corrected chi connectivity index (χ4v) is 3.13. The smallest absolute Gasteiger partial charge is 0.265 e. The number of nitrogens with one attached hydrogen (secondary N) is 1. The van der Waals surface area contributed by atoms with Gasteiger partial charge in [0.15, 0.2) is 6.10 Å². The van der Waals surface area contributed by atoms with Gasteiger partial charge >= 0.3 is 0 Å². The van der Waals surface area contributed by atoms with E-state index in [0.717, 1.165) is 28.6 Å². The SMILES string of the molecule is CCCCc1ccc(NC(=O)[C@H](CC)Oc2cccc3ccccc23)cc1. The second-order valence-electron chi connectivity index (χ2n) is 6.78. The fraction of sp³-hybridized carbons (Fsp3) is 0.292. The summed E-state index contributed by atoms with van der Waals surface area (Å²) in [5.41, 5.74) is 2.11. The summed E-state index contributed by atoms with van der Waals surface area (Å²) in [6, 6.07) is 22.1. The normalized spacial score (nSPS) is 11.9. The molecule has 0 fully saturated rings. The van der Waals surface area contributed by atoms with Crippen LogP contribution in [-0.4, -0.2) is 12.0 Å². The second kappa shape index (κ2) is 9.22. The number of fused-ring (bicyclic) bond motifs is 1. The van der Waals surface area contributed by atoms with E-state index in [4.69, 9.17) is 4.74 Å². The van der Waals surface area contributed by atoms with Crippen LogP contribution in [0.1, 0.15) is 38.7 Å². The van der Waals surface area contributed by atoms with Gasteiger partial charge in [0, 0.05) is 11.1 Å². The molecule has 3 aromatic carbocycles. The van der Waals surface area contributed by atoms with Crippen LogP contribution in [0.25, 0.3) is 10.8 Å². The van der Waals surface area contributed by atoms with E-state index in [0.29, 0.717) is 6.42 Å². The summed E-state index contributed by atoms with van der Waals surface area (Å²) in [6.07, 6.45) is 3.51. The van der Waals surface area contributed by atoms with Crippen molar-refractivity contribution >= 4 is 22.4 Å². The number of anilines is 1. The number of hydrogen-bond acceptors (Lipinski definition) is 2. The average molecular weight is 361 g/mol. The highest BCUT2D eigenvalue weighted by molar-refractivity contribution is 5.95. The van der Waals surface area contributed by atoms with Crippen LogP contribution in [0.3, 0.4) is 0 Å². The van der Waals surface area contributed by atoms with Crippen molar-refractivity contribution in [1.29, 1.82) is 0 Å². The van der Waals surface area contributed by atoms with Gasteiger partial charge in [0.1, 0.15) is 5.75 Å². The Kier molecular flexibility index (Phi) is 6.48. The van der Waals surface area contributed by atoms with Crippen LogP contribution in [0.15, 0.2) is 66.7 Å². The Balaban J connectivity index is 1.68. The van der Waals surface area contributed by atoms with Crippen LogP contribution in [-0.2, 0) is 11.2 Å². The molecule has 0 saturated heterocycles. The van der Waals surface area contributed by atoms with Gasteiger partial charge in [-0.2, -0.15) is 0 Å². The molecule has 0 heterocycles. The molecule has 1 N–H and O–H groups in total. The van der Waals surface area contributed by atoms with Gasteiger partial charge < -0.3 is 10.1 Å². The zero-order valence-electron chi connectivity index (χ0n) is 16.1. The summed E-state index contributed by atoms with van der Waals surface area (Å²) in [7, 11) is 0. The molecule has 0 saturated carbocycles. The van der Waals surface area contributed by atoms with Crippen LogP contribution in [0.5, 0.6) is 5.75 Å². The lowest BCUT2D eigenvalue weighted by Crippen LogP contribution is -2.32. The Labute approximate surface area is 161 Å². The zero-order valence-corrected chi connectivity index (χ0v) is 16.1. The maximum atomic E-state index is 12.7. The van der Waals surface area contributed by atoms with Gasteiger partial charge in [0.2, 0.25) is 0 Å². The predicted molar refractivity (Wildman–Crippen MR) is 112 cm³/mol. The zero-order chi connectivity index (χ0) is 19.1. The van der Waals surface area contributed by atoms with E-state index in [1.807, 2.05) is 61.5 Å². The number of rotatable bonds is 8. The minimum Gasteiger partial charge on any atom is -0.480 e. The van der Waals surface area contributed by atoms with Gasteiger partial charge in [-0.25, -0.2) is 0 Å². The van der Waals surface area contributed by atoms with Gasteiger partial charge in [-0.05, 0) is 48.4 Å². The van der Waals surface area contributed by atoms with Crippen LogP contribution in [0, 0.1) is 0 Å². The topological polar surface area (TPSA) is 38.3 Å². The summed E-state index contributed by atoms with van der Waals surface area (Å²) >= 11 is 0. The molecule has 140 valence electrons. The Hall–Kier alpha value is -2.81. The third-order valence-electron chi connectivity index (χ3n) is 4.72. The maximum absolute atomic E-state index is 12.7. The second-order valence-corrected chi connectivity index (χ2v) is 6.78. The number of unbranched alkanes of at least 4 members (excludes halogenated alkanes) is 1. The first-order chi connectivity index (χ1) is 13.2. The molecule has 0 unspecified atom stereocenters. The third-order valence-corrected chi connectivity index (χ3v) is 4.72. The van der Waals surface area contributed by atoms with Crippen molar-refractivity contribution in [3.05, 3.63) is 72.3 Å². The van der Waals surface area contributed by atoms with Crippen molar-refractivity contribution in [2.75, 3.05) is 5.32 Å². The van der Waals surface area contributed by atoms with Crippen molar-refractivity contribution in [2.24, 2.45) is 0 Å².